The van der Waals surface area contributed by atoms with Gasteiger partial charge in [0.05, 0.1) is 11.3 Å². The van der Waals surface area contributed by atoms with Crippen LogP contribution >= 0.6 is 0 Å². The zero-order chi connectivity index (χ0) is 17.8. The third-order valence-corrected chi connectivity index (χ3v) is 3.72. The van der Waals surface area contributed by atoms with Gasteiger partial charge in [-0.05, 0) is 35.9 Å². The highest BCUT2D eigenvalue weighted by Crippen LogP contribution is 2.31. The first-order valence-electron chi connectivity index (χ1n) is 7.67. The van der Waals surface area contributed by atoms with Crippen LogP contribution in [0.1, 0.15) is 11.1 Å². The van der Waals surface area contributed by atoms with Gasteiger partial charge in [-0.25, -0.2) is 9.18 Å². The molecule has 128 valence electrons. The summed E-state index contributed by atoms with van der Waals surface area (Å²) in [6, 6.07) is 10.6. The monoisotopic (exact) mass is 341 g/mol. The van der Waals surface area contributed by atoms with Gasteiger partial charge in [0.1, 0.15) is 25.1 Å². The number of carbonyl (C=O) groups is 1. The molecule has 0 saturated carbocycles. The lowest BCUT2D eigenvalue weighted by atomic mass is 10.2. The largest absolute Gasteiger partial charge is 0.486 e. The molecule has 2 amide bonds. The first kappa shape index (κ1) is 16.6. The van der Waals surface area contributed by atoms with Crippen LogP contribution in [0.4, 0.5) is 14.9 Å². The fourth-order valence-corrected chi connectivity index (χ4v) is 2.46. The van der Waals surface area contributed by atoms with Gasteiger partial charge >= 0.3 is 6.03 Å². The number of hydrogen-bond acceptors (Lipinski definition) is 4. The number of nitriles is 1. The Morgan fingerprint density at radius 2 is 2.00 bits per heavy atom. The van der Waals surface area contributed by atoms with E-state index in [1.165, 1.54) is 17.0 Å². The van der Waals surface area contributed by atoms with Gasteiger partial charge in [-0.1, -0.05) is 6.07 Å². The molecule has 0 unspecified atom stereocenters. The van der Waals surface area contributed by atoms with Crippen molar-refractivity contribution in [3.63, 3.8) is 0 Å². The molecule has 0 aromatic heterocycles. The first-order valence-corrected chi connectivity index (χ1v) is 7.67. The quantitative estimate of drug-likeness (QED) is 0.931. The van der Waals surface area contributed by atoms with E-state index in [1.807, 2.05) is 24.3 Å². The predicted molar refractivity (Wildman–Crippen MR) is 89.0 cm³/mol. The lowest BCUT2D eigenvalue weighted by molar-refractivity contribution is 0.171. The lowest BCUT2D eigenvalue weighted by Gasteiger charge is -2.21. The van der Waals surface area contributed by atoms with Crippen LogP contribution < -0.4 is 14.8 Å². The molecule has 25 heavy (non-hydrogen) atoms. The molecule has 0 bridgehead atoms. The second-order valence-electron chi connectivity index (χ2n) is 5.57. The van der Waals surface area contributed by atoms with Crippen LogP contribution in [0.3, 0.4) is 0 Å². The fourth-order valence-electron chi connectivity index (χ4n) is 2.46. The van der Waals surface area contributed by atoms with Crippen molar-refractivity contribution in [2.24, 2.45) is 0 Å². The molecule has 0 spiro atoms. The number of carbonyl (C=O) groups excluding carboxylic acids is 1. The maximum absolute atomic E-state index is 13.2. The Hall–Kier alpha value is -3.27. The number of ether oxygens (including phenoxy) is 2. The van der Waals surface area contributed by atoms with E-state index in [2.05, 4.69) is 5.32 Å². The summed E-state index contributed by atoms with van der Waals surface area (Å²) in [7, 11) is 1.63. The van der Waals surface area contributed by atoms with Crippen LogP contribution in [0.25, 0.3) is 0 Å². The van der Waals surface area contributed by atoms with Crippen LogP contribution in [0.2, 0.25) is 0 Å². The van der Waals surface area contributed by atoms with Crippen LogP contribution in [0.15, 0.2) is 36.4 Å². The molecule has 1 N–H and O–H groups in total. The fraction of sp³-hybridized carbons (Fsp3) is 0.222. The smallest absolute Gasteiger partial charge is 0.321 e. The molecule has 3 rings (SSSR count). The molecule has 1 heterocycles. The van der Waals surface area contributed by atoms with E-state index >= 15 is 0 Å². The third kappa shape index (κ3) is 3.80. The van der Waals surface area contributed by atoms with E-state index in [4.69, 9.17) is 14.7 Å². The third-order valence-electron chi connectivity index (χ3n) is 3.72. The van der Waals surface area contributed by atoms with Gasteiger partial charge in [0.2, 0.25) is 0 Å². The van der Waals surface area contributed by atoms with Crippen molar-refractivity contribution in [3.05, 3.63) is 53.3 Å². The van der Waals surface area contributed by atoms with Crippen molar-refractivity contribution in [3.8, 4) is 17.6 Å². The number of anilines is 1. The van der Waals surface area contributed by atoms with E-state index in [9.17, 15) is 9.18 Å². The molecule has 0 atom stereocenters. The SMILES string of the molecule is CN(Cc1ccc2c(c1)OCCO2)C(=O)Nc1ccc(F)cc1C#N. The van der Waals surface area contributed by atoms with E-state index < -0.39 is 11.8 Å². The van der Waals surface area contributed by atoms with Crippen LogP contribution in [-0.2, 0) is 6.54 Å². The second-order valence-corrected chi connectivity index (χ2v) is 5.57. The van der Waals surface area contributed by atoms with Crippen molar-refractivity contribution in [1.82, 2.24) is 4.90 Å². The Balaban J connectivity index is 1.68. The number of nitrogens with one attached hydrogen (secondary N) is 1. The Bertz CT molecular complexity index is 848. The van der Waals surface area contributed by atoms with E-state index in [0.717, 1.165) is 11.6 Å². The first-order chi connectivity index (χ1) is 12.1. The van der Waals surface area contributed by atoms with Gasteiger partial charge < -0.3 is 19.7 Å². The van der Waals surface area contributed by atoms with E-state index in [1.54, 1.807) is 7.05 Å². The molecule has 2 aromatic rings. The van der Waals surface area contributed by atoms with Crippen LogP contribution in [0, 0.1) is 17.1 Å². The standard InChI is InChI=1S/C18H16FN3O3/c1-22(11-12-2-5-16-17(8-12)25-7-6-24-16)18(23)21-15-4-3-14(19)9-13(15)10-20/h2-5,8-9H,6-7,11H2,1H3,(H,21,23). The molecule has 2 aromatic carbocycles. The molecule has 0 radical (unpaired) electrons. The molecule has 7 heteroatoms. The number of fused-ring (bicyclic) bond motifs is 1. The molecular weight excluding hydrogens is 325 g/mol. The number of nitrogens with zero attached hydrogens (tertiary/aromatic N) is 2. The Labute approximate surface area is 144 Å². The van der Waals surface area contributed by atoms with Crippen molar-refractivity contribution in [1.29, 1.82) is 5.26 Å². The molecule has 1 aliphatic heterocycles. The minimum Gasteiger partial charge on any atom is -0.486 e. The van der Waals surface area contributed by atoms with Crippen molar-refractivity contribution in [2.75, 3.05) is 25.6 Å². The van der Waals surface area contributed by atoms with Gasteiger partial charge in [-0.3, -0.25) is 0 Å². The van der Waals surface area contributed by atoms with Crippen LogP contribution in [-0.4, -0.2) is 31.2 Å². The normalized spacial score (nSPS) is 12.2. The number of halogens is 1. The Morgan fingerprint density at radius 3 is 2.76 bits per heavy atom. The highest BCUT2D eigenvalue weighted by atomic mass is 19.1. The zero-order valence-electron chi connectivity index (χ0n) is 13.6. The van der Waals surface area contributed by atoms with Gasteiger partial charge in [0.15, 0.2) is 11.5 Å². The lowest BCUT2D eigenvalue weighted by Crippen LogP contribution is -2.31. The number of hydrogen-bond donors (Lipinski definition) is 1. The summed E-state index contributed by atoms with van der Waals surface area (Å²) >= 11 is 0. The van der Waals surface area contributed by atoms with Gasteiger partial charge in [-0.15, -0.1) is 0 Å². The highest BCUT2D eigenvalue weighted by molar-refractivity contribution is 5.90. The maximum Gasteiger partial charge on any atom is 0.321 e. The molecule has 0 aliphatic carbocycles. The zero-order valence-corrected chi connectivity index (χ0v) is 13.6. The van der Waals surface area contributed by atoms with E-state index in [0.29, 0.717) is 31.3 Å². The van der Waals surface area contributed by atoms with Crippen LogP contribution in [0.5, 0.6) is 11.5 Å². The second kappa shape index (κ2) is 7.09. The summed E-state index contributed by atoms with van der Waals surface area (Å²) in [5, 5.41) is 11.6. The maximum atomic E-state index is 13.2. The van der Waals surface area contributed by atoms with E-state index in [-0.39, 0.29) is 11.3 Å². The summed E-state index contributed by atoms with van der Waals surface area (Å²) in [6.45, 7) is 1.35. The Morgan fingerprint density at radius 1 is 1.24 bits per heavy atom. The minimum absolute atomic E-state index is 0.0704. The molecule has 0 saturated heterocycles. The average molecular weight is 341 g/mol. The molecular formula is C18H16FN3O3. The number of urea groups is 1. The minimum atomic E-state index is -0.529. The number of benzene rings is 2. The summed E-state index contributed by atoms with van der Waals surface area (Å²) < 4.78 is 24.2. The Kier molecular flexibility index (Phi) is 4.70. The van der Waals surface area contributed by atoms with Crippen molar-refractivity contribution < 1.29 is 18.7 Å². The van der Waals surface area contributed by atoms with Gasteiger partial charge in [0.25, 0.3) is 0 Å². The summed E-state index contributed by atoms with van der Waals surface area (Å²) in [5.41, 5.74) is 1.21. The van der Waals surface area contributed by atoms with Crippen molar-refractivity contribution >= 4 is 11.7 Å². The summed E-state index contributed by atoms with van der Waals surface area (Å²) in [4.78, 5) is 13.8. The average Bonchev–Trinajstić information content (AvgIpc) is 2.62. The predicted octanol–water partition coefficient (Wildman–Crippen LogP) is 3.13. The molecule has 6 nitrogen and oxygen atoms in total. The highest BCUT2D eigenvalue weighted by Gasteiger charge is 2.15. The summed E-state index contributed by atoms with van der Waals surface area (Å²) in [5.74, 6) is 0.814. The summed E-state index contributed by atoms with van der Waals surface area (Å²) in [6.07, 6.45) is 0. The number of rotatable bonds is 3. The van der Waals surface area contributed by atoms with Crippen molar-refractivity contribution in [2.45, 2.75) is 6.54 Å². The van der Waals surface area contributed by atoms with Gasteiger partial charge in [-0.2, -0.15) is 5.26 Å². The molecule has 1 aliphatic rings. The van der Waals surface area contributed by atoms with Gasteiger partial charge in [0, 0.05) is 13.6 Å². The number of amides is 2. The topological polar surface area (TPSA) is 74.6 Å². The molecule has 0 fully saturated rings.